The third-order valence-corrected chi connectivity index (χ3v) is 2.27. The molecule has 0 aliphatic heterocycles. The molecule has 1 amide bonds. The number of ether oxygens (including phenoxy) is 1. The molecule has 1 aromatic rings. The standard InChI is InChI=1S/C12H15F3N2O2/c1-2-5-17-11(18)7-19-10-4-3-8(6-9(10)16)12(13,14)15/h3-4,6H,2,5,7,16H2,1H3,(H,17,18). The molecule has 0 saturated heterocycles. The fourth-order valence-corrected chi connectivity index (χ4v) is 1.31. The van der Waals surface area contributed by atoms with Crippen LogP contribution < -0.4 is 15.8 Å². The van der Waals surface area contributed by atoms with E-state index in [0.29, 0.717) is 6.54 Å². The predicted molar refractivity (Wildman–Crippen MR) is 64.7 cm³/mol. The van der Waals surface area contributed by atoms with E-state index in [9.17, 15) is 18.0 Å². The number of rotatable bonds is 5. The highest BCUT2D eigenvalue weighted by Crippen LogP contribution is 2.33. The zero-order valence-corrected chi connectivity index (χ0v) is 10.4. The van der Waals surface area contributed by atoms with Crippen molar-refractivity contribution in [3.05, 3.63) is 23.8 Å². The Balaban J connectivity index is 2.63. The number of amides is 1. The van der Waals surface area contributed by atoms with Gasteiger partial charge in [-0.25, -0.2) is 0 Å². The van der Waals surface area contributed by atoms with E-state index in [4.69, 9.17) is 10.5 Å². The van der Waals surface area contributed by atoms with Gasteiger partial charge in [-0.15, -0.1) is 0 Å². The lowest BCUT2D eigenvalue weighted by Gasteiger charge is -2.12. The summed E-state index contributed by atoms with van der Waals surface area (Å²) in [6.45, 7) is 2.13. The van der Waals surface area contributed by atoms with E-state index in [-0.39, 0.29) is 24.0 Å². The minimum atomic E-state index is -4.45. The van der Waals surface area contributed by atoms with Gasteiger partial charge in [0.25, 0.3) is 5.91 Å². The monoisotopic (exact) mass is 276 g/mol. The van der Waals surface area contributed by atoms with Crippen molar-refractivity contribution < 1.29 is 22.7 Å². The number of nitrogens with one attached hydrogen (secondary N) is 1. The average Bonchev–Trinajstić information content (AvgIpc) is 2.33. The topological polar surface area (TPSA) is 64.3 Å². The number of carbonyl (C=O) groups excluding carboxylic acids is 1. The molecule has 1 aromatic carbocycles. The number of hydrogen-bond acceptors (Lipinski definition) is 3. The molecule has 1 rings (SSSR count). The Kier molecular flexibility index (Phi) is 5.02. The lowest BCUT2D eigenvalue weighted by molar-refractivity contribution is -0.137. The summed E-state index contributed by atoms with van der Waals surface area (Å²) in [5.41, 5.74) is 4.44. The Labute approximate surface area is 108 Å². The molecule has 4 nitrogen and oxygen atoms in total. The van der Waals surface area contributed by atoms with Crippen LogP contribution in [0, 0.1) is 0 Å². The number of hydrogen-bond donors (Lipinski definition) is 2. The van der Waals surface area contributed by atoms with Crippen LogP contribution in [0.4, 0.5) is 18.9 Å². The highest BCUT2D eigenvalue weighted by Gasteiger charge is 2.30. The van der Waals surface area contributed by atoms with Crippen molar-refractivity contribution in [3.8, 4) is 5.75 Å². The Bertz CT molecular complexity index is 447. The SMILES string of the molecule is CCCNC(=O)COc1ccc(C(F)(F)F)cc1N. The van der Waals surface area contributed by atoms with Gasteiger partial charge in [0.1, 0.15) is 5.75 Å². The van der Waals surface area contributed by atoms with E-state index in [1.54, 1.807) is 0 Å². The van der Waals surface area contributed by atoms with Gasteiger partial charge in [-0.1, -0.05) is 6.92 Å². The maximum Gasteiger partial charge on any atom is 0.416 e. The van der Waals surface area contributed by atoms with Crippen LogP contribution in [0.25, 0.3) is 0 Å². The van der Waals surface area contributed by atoms with E-state index in [2.05, 4.69) is 5.32 Å². The molecule has 0 saturated carbocycles. The second-order valence-electron chi connectivity index (χ2n) is 3.89. The summed E-state index contributed by atoms with van der Waals surface area (Å²) < 4.78 is 42.2. The summed E-state index contributed by atoms with van der Waals surface area (Å²) in [7, 11) is 0. The predicted octanol–water partition coefficient (Wildman–Crippen LogP) is 2.19. The molecule has 0 aliphatic rings. The second-order valence-corrected chi connectivity index (χ2v) is 3.89. The van der Waals surface area contributed by atoms with Crippen molar-refractivity contribution >= 4 is 11.6 Å². The molecule has 0 aliphatic carbocycles. The summed E-state index contributed by atoms with van der Waals surface area (Å²) >= 11 is 0. The molecular weight excluding hydrogens is 261 g/mol. The largest absolute Gasteiger partial charge is 0.482 e. The average molecular weight is 276 g/mol. The number of nitrogen functional groups attached to an aromatic ring is 1. The Morgan fingerprint density at radius 1 is 1.42 bits per heavy atom. The van der Waals surface area contributed by atoms with Crippen molar-refractivity contribution in [1.82, 2.24) is 5.32 Å². The highest BCUT2D eigenvalue weighted by atomic mass is 19.4. The molecule has 0 spiro atoms. The molecular formula is C12H15F3N2O2. The number of carbonyl (C=O) groups is 1. The molecule has 0 heterocycles. The van der Waals surface area contributed by atoms with Crippen LogP contribution in [0.1, 0.15) is 18.9 Å². The highest BCUT2D eigenvalue weighted by molar-refractivity contribution is 5.77. The molecule has 3 N–H and O–H groups in total. The van der Waals surface area contributed by atoms with Gasteiger partial charge < -0.3 is 15.8 Å². The van der Waals surface area contributed by atoms with Crippen LogP contribution in [0.15, 0.2) is 18.2 Å². The first-order valence-electron chi connectivity index (χ1n) is 5.70. The molecule has 0 radical (unpaired) electrons. The molecule has 0 bridgehead atoms. The molecule has 106 valence electrons. The molecule has 0 atom stereocenters. The van der Waals surface area contributed by atoms with E-state index in [1.165, 1.54) is 0 Å². The van der Waals surface area contributed by atoms with Crippen LogP contribution in [0.3, 0.4) is 0 Å². The van der Waals surface area contributed by atoms with Crippen LogP contribution in [-0.4, -0.2) is 19.1 Å². The Hall–Kier alpha value is -1.92. The molecule has 0 unspecified atom stereocenters. The van der Waals surface area contributed by atoms with Gasteiger partial charge in [0.15, 0.2) is 6.61 Å². The third kappa shape index (κ3) is 4.69. The van der Waals surface area contributed by atoms with Crippen molar-refractivity contribution in [2.75, 3.05) is 18.9 Å². The molecule has 0 fully saturated rings. The molecule has 19 heavy (non-hydrogen) atoms. The maximum absolute atomic E-state index is 12.4. The third-order valence-electron chi connectivity index (χ3n) is 2.27. The fourth-order valence-electron chi connectivity index (χ4n) is 1.31. The molecule has 7 heteroatoms. The van der Waals surface area contributed by atoms with Crippen LogP contribution in [0.5, 0.6) is 5.75 Å². The summed E-state index contributed by atoms with van der Waals surface area (Å²) in [5, 5.41) is 2.57. The van der Waals surface area contributed by atoms with Crippen LogP contribution in [0.2, 0.25) is 0 Å². The summed E-state index contributed by atoms with van der Waals surface area (Å²) in [5.74, 6) is -0.291. The Morgan fingerprint density at radius 2 is 2.11 bits per heavy atom. The fraction of sp³-hybridized carbons (Fsp3) is 0.417. The number of alkyl halides is 3. The van der Waals surface area contributed by atoms with Crippen LogP contribution >= 0.6 is 0 Å². The minimum Gasteiger partial charge on any atom is -0.482 e. The lowest BCUT2D eigenvalue weighted by atomic mass is 10.2. The van der Waals surface area contributed by atoms with Crippen LogP contribution in [-0.2, 0) is 11.0 Å². The van der Waals surface area contributed by atoms with Crippen molar-refractivity contribution in [2.45, 2.75) is 19.5 Å². The zero-order valence-electron chi connectivity index (χ0n) is 10.4. The Morgan fingerprint density at radius 3 is 2.63 bits per heavy atom. The van der Waals surface area contributed by atoms with Gasteiger partial charge >= 0.3 is 6.18 Å². The second kappa shape index (κ2) is 6.31. The van der Waals surface area contributed by atoms with E-state index in [0.717, 1.165) is 24.6 Å². The van der Waals surface area contributed by atoms with Gasteiger partial charge in [0, 0.05) is 6.54 Å². The van der Waals surface area contributed by atoms with Gasteiger partial charge in [-0.2, -0.15) is 13.2 Å². The van der Waals surface area contributed by atoms with Gasteiger partial charge in [0.2, 0.25) is 0 Å². The number of halogens is 3. The number of nitrogens with two attached hydrogens (primary N) is 1. The van der Waals surface area contributed by atoms with E-state index in [1.807, 2.05) is 6.92 Å². The van der Waals surface area contributed by atoms with Crippen molar-refractivity contribution in [2.24, 2.45) is 0 Å². The van der Waals surface area contributed by atoms with Gasteiger partial charge in [-0.3, -0.25) is 4.79 Å². The first-order chi connectivity index (χ1) is 8.84. The normalized spacial score (nSPS) is 11.2. The van der Waals surface area contributed by atoms with E-state index >= 15 is 0 Å². The number of anilines is 1. The maximum atomic E-state index is 12.4. The summed E-state index contributed by atoms with van der Waals surface area (Å²) in [4.78, 5) is 11.3. The summed E-state index contributed by atoms with van der Waals surface area (Å²) in [6, 6.07) is 2.74. The van der Waals surface area contributed by atoms with Crippen molar-refractivity contribution in [3.63, 3.8) is 0 Å². The molecule has 0 aromatic heterocycles. The zero-order chi connectivity index (χ0) is 14.5. The van der Waals surface area contributed by atoms with E-state index < -0.39 is 11.7 Å². The van der Waals surface area contributed by atoms with Crippen molar-refractivity contribution in [1.29, 1.82) is 0 Å². The first kappa shape index (κ1) is 15.1. The summed E-state index contributed by atoms with van der Waals surface area (Å²) in [6.07, 6.45) is -3.67. The quantitative estimate of drug-likeness (QED) is 0.810. The minimum absolute atomic E-state index is 0.0552. The number of benzene rings is 1. The van der Waals surface area contributed by atoms with Gasteiger partial charge in [0.05, 0.1) is 11.3 Å². The lowest BCUT2D eigenvalue weighted by Crippen LogP contribution is -2.29. The van der Waals surface area contributed by atoms with Gasteiger partial charge in [-0.05, 0) is 24.6 Å². The smallest absolute Gasteiger partial charge is 0.416 e. The first-order valence-corrected chi connectivity index (χ1v) is 5.70.